The number of esters is 1. The molecule has 0 aliphatic carbocycles. The van der Waals surface area contributed by atoms with E-state index in [1.54, 1.807) is 0 Å². The van der Waals surface area contributed by atoms with Crippen LogP contribution in [-0.4, -0.2) is 33.2 Å². The number of halogens is 1. The molecular weight excluding hydrogens is 378 g/mol. The van der Waals surface area contributed by atoms with Crippen LogP contribution in [0, 0.1) is 0 Å². The molecule has 2 aromatic rings. The van der Waals surface area contributed by atoms with E-state index in [9.17, 15) is 18.0 Å². The van der Waals surface area contributed by atoms with Gasteiger partial charge >= 0.3 is 5.97 Å². The number of hydrogen-bond acceptors (Lipinski definition) is 5. The summed E-state index contributed by atoms with van der Waals surface area (Å²) in [6.07, 6.45) is 1.02. The largest absolute Gasteiger partial charge is 0.452 e. The molecule has 0 aromatic heterocycles. The first-order chi connectivity index (χ1) is 12.2. The highest BCUT2D eigenvalue weighted by atomic mass is 35.5. The van der Waals surface area contributed by atoms with E-state index in [0.717, 1.165) is 17.9 Å². The molecule has 1 unspecified atom stereocenters. The molecule has 0 radical (unpaired) electrons. The van der Waals surface area contributed by atoms with E-state index < -0.39 is 28.3 Å². The second kappa shape index (κ2) is 8.33. The van der Waals surface area contributed by atoms with Gasteiger partial charge in [0.15, 0.2) is 16.4 Å². The average molecular weight is 396 g/mol. The maximum absolute atomic E-state index is 12.1. The Labute approximate surface area is 157 Å². The van der Waals surface area contributed by atoms with Gasteiger partial charge in [0, 0.05) is 6.26 Å². The number of rotatable bonds is 6. The second-order valence-electron chi connectivity index (χ2n) is 5.69. The molecule has 0 fully saturated rings. The highest BCUT2D eigenvalue weighted by molar-refractivity contribution is 7.90. The zero-order chi connectivity index (χ0) is 19.3. The average Bonchev–Trinajstić information content (AvgIpc) is 2.59. The van der Waals surface area contributed by atoms with Crippen molar-refractivity contribution < 1.29 is 22.7 Å². The van der Waals surface area contributed by atoms with E-state index in [2.05, 4.69) is 5.32 Å². The fourth-order valence-electron chi connectivity index (χ4n) is 2.21. The minimum absolute atomic E-state index is 0.0421. The summed E-state index contributed by atoms with van der Waals surface area (Å²) >= 11 is 5.92. The smallest absolute Gasteiger partial charge is 0.340 e. The van der Waals surface area contributed by atoms with Gasteiger partial charge < -0.3 is 10.1 Å². The molecule has 8 heteroatoms. The van der Waals surface area contributed by atoms with E-state index in [1.807, 2.05) is 37.3 Å². The van der Waals surface area contributed by atoms with Gasteiger partial charge in [0.1, 0.15) is 0 Å². The maximum atomic E-state index is 12.1. The fraction of sp³-hybridized carbons (Fsp3) is 0.222. The fourth-order valence-corrected chi connectivity index (χ4v) is 3.05. The summed E-state index contributed by atoms with van der Waals surface area (Å²) in [6, 6.07) is 12.8. The first-order valence-corrected chi connectivity index (χ1v) is 9.96. The highest BCUT2D eigenvalue weighted by Gasteiger charge is 2.18. The molecule has 0 saturated heterocycles. The standard InChI is InChI=1S/C18H18ClNO5S/c1-12(13-6-4-3-5-7-13)20-17(21)11-25-18(22)15-10-14(26(2,23)24)8-9-16(15)19/h3-10,12H,11H2,1-2H3,(H,20,21). The Morgan fingerprint density at radius 2 is 1.81 bits per heavy atom. The molecule has 0 spiro atoms. The molecule has 0 heterocycles. The Bertz CT molecular complexity index is 912. The van der Waals surface area contributed by atoms with Gasteiger partial charge in [-0.1, -0.05) is 41.9 Å². The number of benzene rings is 2. The molecule has 6 nitrogen and oxygen atoms in total. The normalized spacial score (nSPS) is 12.3. The maximum Gasteiger partial charge on any atom is 0.340 e. The Balaban J connectivity index is 1.99. The van der Waals surface area contributed by atoms with E-state index in [0.29, 0.717) is 0 Å². The third kappa shape index (κ3) is 5.31. The molecule has 2 rings (SSSR count). The van der Waals surface area contributed by atoms with Crippen molar-refractivity contribution >= 4 is 33.3 Å². The molecular formula is C18H18ClNO5S. The number of hydrogen-bond donors (Lipinski definition) is 1. The lowest BCUT2D eigenvalue weighted by Crippen LogP contribution is -2.31. The van der Waals surface area contributed by atoms with Crippen LogP contribution in [0.3, 0.4) is 0 Å². The second-order valence-corrected chi connectivity index (χ2v) is 8.11. The zero-order valence-corrected chi connectivity index (χ0v) is 15.8. The van der Waals surface area contributed by atoms with Crippen LogP contribution in [0.5, 0.6) is 0 Å². The van der Waals surface area contributed by atoms with Crippen LogP contribution in [0.4, 0.5) is 0 Å². The van der Waals surface area contributed by atoms with E-state index in [1.165, 1.54) is 12.1 Å². The summed E-state index contributed by atoms with van der Waals surface area (Å²) in [4.78, 5) is 24.0. The Kier molecular flexibility index (Phi) is 6.39. The topological polar surface area (TPSA) is 89.5 Å². The van der Waals surface area contributed by atoms with E-state index in [-0.39, 0.29) is 21.5 Å². The molecule has 0 aliphatic heterocycles. The summed E-state index contributed by atoms with van der Waals surface area (Å²) in [6.45, 7) is 1.30. The van der Waals surface area contributed by atoms with Gasteiger partial charge in [0.25, 0.3) is 5.91 Å². The molecule has 1 amide bonds. The summed E-state index contributed by atoms with van der Waals surface area (Å²) in [5, 5.41) is 2.75. The van der Waals surface area contributed by atoms with E-state index >= 15 is 0 Å². The lowest BCUT2D eigenvalue weighted by molar-refractivity contribution is -0.124. The van der Waals surface area contributed by atoms with Gasteiger partial charge in [0.05, 0.1) is 21.5 Å². The molecule has 2 aromatic carbocycles. The predicted octanol–water partition coefficient (Wildman–Crippen LogP) is 2.78. The SMILES string of the molecule is CC(NC(=O)COC(=O)c1cc(S(C)(=O)=O)ccc1Cl)c1ccccc1. The van der Waals surface area contributed by atoms with Crippen molar-refractivity contribution in [2.45, 2.75) is 17.9 Å². The van der Waals surface area contributed by atoms with Crippen molar-refractivity contribution in [1.29, 1.82) is 0 Å². The van der Waals surface area contributed by atoms with Gasteiger partial charge in [-0.2, -0.15) is 0 Å². The van der Waals surface area contributed by atoms with Crippen LogP contribution >= 0.6 is 11.6 Å². The van der Waals surface area contributed by atoms with E-state index in [4.69, 9.17) is 16.3 Å². The predicted molar refractivity (Wildman–Crippen MR) is 97.8 cm³/mol. The molecule has 0 bridgehead atoms. The van der Waals surface area contributed by atoms with Crippen molar-refractivity contribution in [1.82, 2.24) is 5.32 Å². The first kappa shape index (κ1) is 19.9. The Hall–Kier alpha value is -2.38. The van der Waals surface area contributed by atoms with Crippen LogP contribution < -0.4 is 5.32 Å². The monoisotopic (exact) mass is 395 g/mol. The van der Waals surface area contributed by atoms with Gasteiger partial charge in [-0.25, -0.2) is 13.2 Å². The lowest BCUT2D eigenvalue weighted by Gasteiger charge is -2.14. The molecule has 1 atom stereocenters. The number of carbonyl (C=O) groups excluding carboxylic acids is 2. The van der Waals surface area contributed by atoms with Crippen molar-refractivity contribution in [3.05, 3.63) is 64.7 Å². The van der Waals surface area contributed by atoms with Crippen LogP contribution in [0.15, 0.2) is 53.4 Å². The Morgan fingerprint density at radius 3 is 2.42 bits per heavy atom. The molecule has 26 heavy (non-hydrogen) atoms. The first-order valence-electron chi connectivity index (χ1n) is 7.69. The van der Waals surface area contributed by atoms with Gasteiger partial charge in [-0.3, -0.25) is 4.79 Å². The highest BCUT2D eigenvalue weighted by Crippen LogP contribution is 2.21. The molecule has 0 aliphatic rings. The van der Waals surface area contributed by atoms with Crippen LogP contribution in [0.25, 0.3) is 0 Å². The van der Waals surface area contributed by atoms with Crippen LogP contribution in [0.1, 0.15) is 28.9 Å². The third-order valence-corrected chi connectivity index (χ3v) is 5.04. The molecule has 1 N–H and O–H groups in total. The summed E-state index contributed by atoms with van der Waals surface area (Å²) in [7, 11) is -3.50. The quantitative estimate of drug-likeness (QED) is 0.759. The van der Waals surface area contributed by atoms with Crippen LogP contribution in [-0.2, 0) is 19.4 Å². The lowest BCUT2D eigenvalue weighted by atomic mass is 10.1. The van der Waals surface area contributed by atoms with Crippen molar-refractivity contribution in [2.75, 3.05) is 12.9 Å². The minimum Gasteiger partial charge on any atom is -0.452 e. The van der Waals surface area contributed by atoms with Gasteiger partial charge in [-0.15, -0.1) is 0 Å². The summed E-state index contributed by atoms with van der Waals surface area (Å²) < 4.78 is 28.1. The zero-order valence-electron chi connectivity index (χ0n) is 14.2. The molecule has 0 saturated carbocycles. The van der Waals surface area contributed by atoms with Crippen LogP contribution in [0.2, 0.25) is 5.02 Å². The van der Waals surface area contributed by atoms with Crippen molar-refractivity contribution in [3.63, 3.8) is 0 Å². The summed E-state index contributed by atoms with van der Waals surface area (Å²) in [5.41, 5.74) is 0.801. The number of nitrogens with one attached hydrogen (secondary N) is 1. The van der Waals surface area contributed by atoms with Crippen molar-refractivity contribution in [3.8, 4) is 0 Å². The summed E-state index contributed by atoms with van der Waals surface area (Å²) in [5.74, 6) is -1.35. The number of carbonyl (C=O) groups is 2. The van der Waals surface area contributed by atoms with Gasteiger partial charge in [-0.05, 0) is 30.7 Å². The van der Waals surface area contributed by atoms with Gasteiger partial charge in [0.2, 0.25) is 0 Å². The molecule has 138 valence electrons. The minimum atomic E-state index is -3.50. The number of ether oxygens (including phenoxy) is 1. The van der Waals surface area contributed by atoms with Crippen molar-refractivity contribution in [2.24, 2.45) is 0 Å². The Morgan fingerprint density at radius 1 is 1.15 bits per heavy atom. The number of amides is 1. The third-order valence-electron chi connectivity index (χ3n) is 3.60. The number of sulfone groups is 1.